The second-order valence-corrected chi connectivity index (χ2v) is 4.19. The van der Waals surface area contributed by atoms with E-state index in [1.807, 2.05) is 4.68 Å². The molecule has 3 nitrogen and oxygen atoms in total. The molecular formula is C12H23N3. The van der Waals surface area contributed by atoms with Crippen LogP contribution in [0.3, 0.4) is 0 Å². The van der Waals surface area contributed by atoms with Crippen LogP contribution in [0.4, 0.5) is 0 Å². The van der Waals surface area contributed by atoms with Crippen LogP contribution in [0.15, 0.2) is 12.3 Å². The van der Waals surface area contributed by atoms with Gasteiger partial charge in [0.1, 0.15) is 0 Å². The lowest BCUT2D eigenvalue weighted by Crippen LogP contribution is -2.14. The standard InChI is InChI=1S/C12H23N3/c1-4-13-9-6-5-7-12-8-10-15(14-12)11(2)3/h8,10-11,13H,4-7,9H2,1-3H3. The highest BCUT2D eigenvalue weighted by Crippen LogP contribution is 2.06. The van der Waals surface area contributed by atoms with E-state index in [9.17, 15) is 0 Å². The van der Waals surface area contributed by atoms with Crippen molar-refractivity contribution in [2.75, 3.05) is 13.1 Å². The van der Waals surface area contributed by atoms with Gasteiger partial charge in [-0.05, 0) is 52.3 Å². The number of hydrogen-bond acceptors (Lipinski definition) is 2. The number of aromatic nitrogens is 2. The molecule has 1 aromatic rings. The third-order valence-electron chi connectivity index (χ3n) is 2.48. The van der Waals surface area contributed by atoms with Crippen molar-refractivity contribution in [1.29, 1.82) is 0 Å². The van der Waals surface area contributed by atoms with Crippen LogP contribution >= 0.6 is 0 Å². The number of rotatable bonds is 7. The lowest BCUT2D eigenvalue weighted by atomic mass is 10.2. The summed E-state index contributed by atoms with van der Waals surface area (Å²) >= 11 is 0. The summed E-state index contributed by atoms with van der Waals surface area (Å²) in [5.74, 6) is 0. The molecule has 0 amide bonds. The molecule has 0 aromatic carbocycles. The number of hydrogen-bond donors (Lipinski definition) is 1. The van der Waals surface area contributed by atoms with Crippen molar-refractivity contribution < 1.29 is 0 Å². The van der Waals surface area contributed by atoms with Gasteiger partial charge in [0.25, 0.3) is 0 Å². The Morgan fingerprint density at radius 2 is 2.20 bits per heavy atom. The summed E-state index contributed by atoms with van der Waals surface area (Å²) in [6.45, 7) is 8.65. The Morgan fingerprint density at radius 1 is 1.40 bits per heavy atom. The van der Waals surface area contributed by atoms with Crippen molar-refractivity contribution in [1.82, 2.24) is 15.1 Å². The van der Waals surface area contributed by atoms with Gasteiger partial charge in [0.15, 0.2) is 0 Å². The first kappa shape index (κ1) is 12.2. The highest BCUT2D eigenvalue weighted by atomic mass is 15.3. The fraction of sp³-hybridized carbons (Fsp3) is 0.750. The van der Waals surface area contributed by atoms with E-state index in [0.717, 1.165) is 19.5 Å². The van der Waals surface area contributed by atoms with Gasteiger partial charge in [0.2, 0.25) is 0 Å². The Morgan fingerprint density at radius 3 is 2.80 bits per heavy atom. The Bertz CT molecular complexity index is 266. The summed E-state index contributed by atoms with van der Waals surface area (Å²) in [6, 6.07) is 2.60. The SMILES string of the molecule is CCNCCCCc1ccn(C(C)C)n1. The van der Waals surface area contributed by atoms with Crippen LogP contribution in [-0.4, -0.2) is 22.9 Å². The summed E-state index contributed by atoms with van der Waals surface area (Å²) in [5, 5.41) is 7.86. The molecule has 0 unspecified atom stereocenters. The van der Waals surface area contributed by atoms with Gasteiger partial charge < -0.3 is 5.32 Å². The molecule has 0 radical (unpaired) electrons. The average molecular weight is 209 g/mol. The maximum Gasteiger partial charge on any atom is 0.0624 e. The van der Waals surface area contributed by atoms with Gasteiger partial charge in [-0.2, -0.15) is 5.10 Å². The number of unbranched alkanes of at least 4 members (excludes halogenated alkanes) is 1. The minimum atomic E-state index is 0.473. The summed E-state index contributed by atoms with van der Waals surface area (Å²) < 4.78 is 2.03. The molecule has 86 valence electrons. The first-order valence-corrected chi connectivity index (χ1v) is 5.98. The second kappa shape index (κ2) is 6.62. The normalized spacial score (nSPS) is 11.2. The molecule has 0 bridgehead atoms. The lowest BCUT2D eigenvalue weighted by molar-refractivity contribution is 0.523. The zero-order valence-corrected chi connectivity index (χ0v) is 10.2. The van der Waals surface area contributed by atoms with Gasteiger partial charge in [-0.3, -0.25) is 4.68 Å². The second-order valence-electron chi connectivity index (χ2n) is 4.19. The highest BCUT2D eigenvalue weighted by molar-refractivity contribution is 4.99. The summed E-state index contributed by atoms with van der Waals surface area (Å²) in [4.78, 5) is 0. The van der Waals surface area contributed by atoms with Crippen molar-refractivity contribution in [3.8, 4) is 0 Å². The van der Waals surface area contributed by atoms with E-state index in [1.54, 1.807) is 0 Å². The summed E-state index contributed by atoms with van der Waals surface area (Å²) in [5.41, 5.74) is 1.22. The van der Waals surface area contributed by atoms with Crippen LogP contribution < -0.4 is 5.32 Å². The van der Waals surface area contributed by atoms with E-state index in [1.165, 1.54) is 18.5 Å². The maximum absolute atomic E-state index is 4.52. The largest absolute Gasteiger partial charge is 0.317 e. The molecule has 1 N–H and O–H groups in total. The van der Waals surface area contributed by atoms with Gasteiger partial charge in [-0.25, -0.2) is 0 Å². The molecule has 15 heavy (non-hydrogen) atoms. The number of aryl methyl sites for hydroxylation is 1. The van der Waals surface area contributed by atoms with E-state index >= 15 is 0 Å². The Kier molecular flexibility index (Phi) is 5.40. The van der Waals surface area contributed by atoms with E-state index in [0.29, 0.717) is 6.04 Å². The minimum Gasteiger partial charge on any atom is -0.317 e. The summed E-state index contributed by atoms with van der Waals surface area (Å²) in [6.07, 6.45) is 5.64. The van der Waals surface area contributed by atoms with Crippen LogP contribution in [0, 0.1) is 0 Å². The molecule has 0 atom stereocenters. The molecule has 0 saturated heterocycles. The smallest absolute Gasteiger partial charge is 0.0624 e. The average Bonchev–Trinajstić information content (AvgIpc) is 2.66. The Hall–Kier alpha value is -0.830. The molecule has 1 heterocycles. The molecule has 1 rings (SSSR count). The van der Waals surface area contributed by atoms with Crippen molar-refractivity contribution in [3.05, 3.63) is 18.0 Å². The highest BCUT2D eigenvalue weighted by Gasteiger charge is 2.01. The van der Waals surface area contributed by atoms with Crippen molar-refractivity contribution in [2.24, 2.45) is 0 Å². The fourth-order valence-electron chi connectivity index (χ4n) is 1.53. The van der Waals surface area contributed by atoms with Crippen molar-refractivity contribution >= 4 is 0 Å². The Labute approximate surface area is 92.9 Å². The lowest BCUT2D eigenvalue weighted by Gasteiger charge is -2.04. The third-order valence-corrected chi connectivity index (χ3v) is 2.48. The van der Waals surface area contributed by atoms with Crippen LogP contribution in [0.2, 0.25) is 0 Å². The molecule has 0 aliphatic heterocycles. The van der Waals surface area contributed by atoms with Crippen LogP contribution in [0.25, 0.3) is 0 Å². The van der Waals surface area contributed by atoms with Gasteiger partial charge in [0.05, 0.1) is 5.69 Å². The molecule has 3 heteroatoms. The van der Waals surface area contributed by atoms with Gasteiger partial charge in [0, 0.05) is 12.2 Å². The van der Waals surface area contributed by atoms with Crippen molar-refractivity contribution in [2.45, 2.75) is 46.1 Å². The molecule has 1 aromatic heterocycles. The molecule has 0 saturated carbocycles. The number of nitrogens with zero attached hydrogens (tertiary/aromatic N) is 2. The predicted molar refractivity (Wildman–Crippen MR) is 64.1 cm³/mol. The van der Waals surface area contributed by atoms with Gasteiger partial charge in [-0.15, -0.1) is 0 Å². The third kappa shape index (κ3) is 4.47. The number of nitrogens with one attached hydrogen (secondary N) is 1. The van der Waals surface area contributed by atoms with E-state index in [2.05, 4.69) is 43.4 Å². The molecule has 0 aliphatic carbocycles. The zero-order valence-electron chi connectivity index (χ0n) is 10.2. The first-order chi connectivity index (χ1) is 7.24. The maximum atomic E-state index is 4.52. The van der Waals surface area contributed by atoms with E-state index < -0.39 is 0 Å². The Balaban J connectivity index is 2.20. The summed E-state index contributed by atoms with van der Waals surface area (Å²) in [7, 11) is 0. The van der Waals surface area contributed by atoms with Crippen LogP contribution in [0.1, 0.15) is 45.3 Å². The fourth-order valence-corrected chi connectivity index (χ4v) is 1.53. The predicted octanol–water partition coefficient (Wildman–Crippen LogP) is 2.40. The first-order valence-electron chi connectivity index (χ1n) is 5.98. The van der Waals surface area contributed by atoms with Crippen molar-refractivity contribution in [3.63, 3.8) is 0 Å². The molecule has 0 fully saturated rings. The minimum absolute atomic E-state index is 0.473. The van der Waals surface area contributed by atoms with Gasteiger partial charge >= 0.3 is 0 Å². The van der Waals surface area contributed by atoms with Crippen LogP contribution in [-0.2, 0) is 6.42 Å². The van der Waals surface area contributed by atoms with Gasteiger partial charge in [-0.1, -0.05) is 6.92 Å². The van der Waals surface area contributed by atoms with E-state index in [-0.39, 0.29) is 0 Å². The topological polar surface area (TPSA) is 29.9 Å². The quantitative estimate of drug-likeness (QED) is 0.699. The molecule has 0 spiro atoms. The monoisotopic (exact) mass is 209 g/mol. The molecule has 0 aliphatic rings. The molecular weight excluding hydrogens is 186 g/mol. The van der Waals surface area contributed by atoms with E-state index in [4.69, 9.17) is 0 Å². The van der Waals surface area contributed by atoms with Crippen LogP contribution in [0.5, 0.6) is 0 Å². The zero-order chi connectivity index (χ0) is 11.1.